The lowest BCUT2D eigenvalue weighted by molar-refractivity contribution is -0.148. The summed E-state index contributed by atoms with van der Waals surface area (Å²) in [5.41, 5.74) is 0.246. The van der Waals surface area contributed by atoms with Gasteiger partial charge in [-0.15, -0.1) is 0 Å². The van der Waals surface area contributed by atoms with Gasteiger partial charge in [0.15, 0.2) is 6.04 Å². The fourth-order valence-electron chi connectivity index (χ4n) is 3.15. The van der Waals surface area contributed by atoms with Crippen LogP contribution in [-0.4, -0.2) is 43.6 Å². The molecule has 158 valence electrons. The average Bonchev–Trinajstić information content (AvgIpc) is 3.12. The maximum atomic E-state index is 12.6. The van der Waals surface area contributed by atoms with E-state index >= 15 is 0 Å². The molecule has 2 heterocycles. The van der Waals surface area contributed by atoms with E-state index in [0.29, 0.717) is 0 Å². The van der Waals surface area contributed by atoms with Crippen molar-refractivity contribution in [2.24, 2.45) is 19.1 Å². The predicted octanol–water partition coefficient (Wildman–Crippen LogP) is 1.25. The molecule has 0 amide bonds. The molecule has 0 aliphatic rings. The Morgan fingerprint density at radius 1 is 1.23 bits per heavy atom. The highest BCUT2D eigenvalue weighted by Gasteiger charge is 2.23. The van der Waals surface area contributed by atoms with E-state index < -0.39 is 29.1 Å². The third-order valence-corrected chi connectivity index (χ3v) is 4.76. The molecule has 30 heavy (non-hydrogen) atoms. The van der Waals surface area contributed by atoms with Crippen LogP contribution in [0.3, 0.4) is 0 Å². The van der Waals surface area contributed by atoms with Gasteiger partial charge in [-0.2, -0.15) is 0 Å². The van der Waals surface area contributed by atoms with Crippen molar-refractivity contribution < 1.29 is 14.6 Å². The van der Waals surface area contributed by atoms with Crippen molar-refractivity contribution in [2.75, 3.05) is 0 Å². The maximum Gasteiger partial charge on any atom is 0.333 e. The van der Waals surface area contributed by atoms with E-state index in [4.69, 9.17) is 4.74 Å². The van der Waals surface area contributed by atoms with E-state index in [1.165, 1.54) is 14.1 Å². The molecule has 0 aliphatic carbocycles. The summed E-state index contributed by atoms with van der Waals surface area (Å²) in [5, 5.41) is 11.2. The summed E-state index contributed by atoms with van der Waals surface area (Å²) in [4.78, 5) is 44.4. The molecule has 3 rings (SSSR count). The van der Waals surface area contributed by atoms with Crippen LogP contribution >= 0.6 is 0 Å². The molecule has 0 aliphatic heterocycles. The van der Waals surface area contributed by atoms with E-state index in [1.54, 1.807) is 20.0 Å². The second-order valence-electron chi connectivity index (χ2n) is 7.29. The Morgan fingerprint density at radius 3 is 2.63 bits per heavy atom. The van der Waals surface area contributed by atoms with Crippen molar-refractivity contribution in [2.45, 2.75) is 32.4 Å². The molecule has 2 aromatic heterocycles. The largest absolute Gasteiger partial charge is 0.494 e. The van der Waals surface area contributed by atoms with Gasteiger partial charge in [-0.05, 0) is 25.5 Å². The fraction of sp³-hybridized carbons (Fsp3) is 0.333. The zero-order valence-corrected chi connectivity index (χ0v) is 17.2. The number of carbonyl (C=O) groups excluding carboxylic acids is 1. The van der Waals surface area contributed by atoms with Crippen molar-refractivity contribution >= 4 is 23.1 Å². The van der Waals surface area contributed by atoms with Crippen molar-refractivity contribution in [3.05, 3.63) is 62.4 Å². The number of aromatic nitrogens is 3. The predicted molar refractivity (Wildman–Crippen MR) is 113 cm³/mol. The number of nitrogens with one attached hydrogen (secondary N) is 1. The molecule has 1 atom stereocenters. The van der Waals surface area contributed by atoms with Gasteiger partial charge in [0, 0.05) is 43.8 Å². The average molecular weight is 412 g/mol. The summed E-state index contributed by atoms with van der Waals surface area (Å²) < 4.78 is 7.12. The van der Waals surface area contributed by atoms with Gasteiger partial charge in [0.05, 0.1) is 6.10 Å². The topological polar surface area (TPSA) is 119 Å². The lowest BCUT2D eigenvalue weighted by Gasteiger charge is -2.14. The van der Waals surface area contributed by atoms with Gasteiger partial charge in [0.1, 0.15) is 5.56 Å². The van der Waals surface area contributed by atoms with Crippen molar-refractivity contribution in [1.82, 2.24) is 14.1 Å². The summed E-state index contributed by atoms with van der Waals surface area (Å²) in [6.45, 7) is 3.47. The number of aromatic hydroxyl groups is 1. The Bertz CT molecular complexity index is 1230. The molecule has 0 radical (unpaired) electrons. The molecule has 0 fully saturated rings. The monoisotopic (exact) mass is 412 g/mol. The Kier molecular flexibility index (Phi) is 5.91. The van der Waals surface area contributed by atoms with E-state index in [0.717, 1.165) is 31.8 Å². The van der Waals surface area contributed by atoms with Crippen LogP contribution in [-0.2, 0) is 30.0 Å². The number of esters is 1. The first-order chi connectivity index (χ1) is 14.2. The number of hydrogen-bond donors (Lipinski definition) is 2. The zero-order valence-electron chi connectivity index (χ0n) is 17.2. The maximum absolute atomic E-state index is 12.6. The summed E-state index contributed by atoms with van der Waals surface area (Å²) in [7, 11) is 2.64. The van der Waals surface area contributed by atoms with Gasteiger partial charge in [0.2, 0.25) is 5.88 Å². The third-order valence-electron chi connectivity index (χ3n) is 4.76. The van der Waals surface area contributed by atoms with E-state index in [1.807, 2.05) is 24.3 Å². The number of para-hydroxylation sites is 1. The zero-order chi connectivity index (χ0) is 22.0. The Morgan fingerprint density at radius 2 is 1.93 bits per heavy atom. The second-order valence-corrected chi connectivity index (χ2v) is 7.29. The third kappa shape index (κ3) is 4.05. The van der Waals surface area contributed by atoms with E-state index in [9.17, 15) is 19.5 Å². The quantitative estimate of drug-likeness (QED) is 0.467. The molecular formula is C21H24N4O5. The summed E-state index contributed by atoms with van der Waals surface area (Å²) in [6.07, 6.45) is 2.83. The molecule has 0 unspecified atom stereocenters. The fourth-order valence-corrected chi connectivity index (χ4v) is 3.15. The minimum Gasteiger partial charge on any atom is -0.494 e. The number of rotatable bonds is 6. The van der Waals surface area contributed by atoms with Crippen LogP contribution in [0.15, 0.2) is 45.0 Å². The molecule has 0 saturated heterocycles. The van der Waals surface area contributed by atoms with Gasteiger partial charge >= 0.3 is 11.7 Å². The lowest BCUT2D eigenvalue weighted by Crippen LogP contribution is -2.38. The van der Waals surface area contributed by atoms with Gasteiger partial charge in [0.25, 0.3) is 5.56 Å². The number of aromatic amines is 1. The van der Waals surface area contributed by atoms with Crippen LogP contribution in [0.1, 0.15) is 25.0 Å². The highest BCUT2D eigenvalue weighted by Crippen LogP contribution is 2.20. The van der Waals surface area contributed by atoms with E-state index in [2.05, 4.69) is 9.98 Å². The molecule has 0 saturated carbocycles. The highest BCUT2D eigenvalue weighted by atomic mass is 16.5. The van der Waals surface area contributed by atoms with Crippen LogP contribution < -0.4 is 11.2 Å². The van der Waals surface area contributed by atoms with Crippen molar-refractivity contribution in [3.8, 4) is 5.88 Å². The number of ether oxygens (including phenoxy) is 1. The standard InChI is InChI=1S/C21H24N4O5/c1-12(2)30-20(28)17(9-13-10-22-16-8-6-5-7-14(13)16)23-11-15-18(26)24(3)21(29)25(4)19(15)27/h5-8,10-12,17,22,26H,9H2,1-4H3/t17-/m0/s1. The number of fused-ring (bicyclic) bond motifs is 1. The number of aliphatic imine (C=N–C) groups is 1. The number of benzene rings is 1. The first kappa shape index (κ1) is 21.1. The number of hydrogen-bond acceptors (Lipinski definition) is 6. The molecule has 9 nitrogen and oxygen atoms in total. The number of carbonyl (C=O) groups is 1. The van der Waals surface area contributed by atoms with Gasteiger partial charge in [-0.25, -0.2) is 9.59 Å². The first-order valence-electron chi connectivity index (χ1n) is 9.48. The van der Waals surface area contributed by atoms with Crippen molar-refractivity contribution in [3.63, 3.8) is 0 Å². The second kappa shape index (κ2) is 8.40. The van der Waals surface area contributed by atoms with Gasteiger partial charge < -0.3 is 14.8 Å². The summed E-state index contributed by atoms with van der Waals surface area (Å²) >= 11 is 0. The van der Waals surface area contributed by atoms with Crippen LogP contribution in [0.4, 0.5) is 0 Å². The Balaban J connectivity index is 2.01. The van der Waals surface area contributed by atoms with Gasteiger partial charge in [-0.3, -0.25) is 18.9 Å². The van der Waals surface area contributed by atoms with Gasteiger partial charge in [-0.1, -0.05) is 18.2 Å². The lowest BCUT2D eigenvalue weighted by atomic mass is 10.1. The minimum absolute atomic E-state index is 0.180. The summed E-state index contributed by atoms with van der Waals surface area (Å²) in [5.74, 6) is -1.07. The minimum atomic E-state index is -0.937. The van der Waals surface area contributed by atoms with Crippen molar-refractivity contribution in [1.29, 1.82) is 0 Å². The molecule has 1 aromatic carbocycles. The molecule has 9 heteroatoms. The normalized spacial score (nSPS) is 12.7. The van der Waals surface area contributed by atoms with Crippen LogP contribution in [0, 0.1) is 0 Å². The molecule has 0 spiro atoms. The van der Waals surface area contributed by atoms with Crippen LogP contribution in [0.2, 0.25) is 0 Å². The van der Waals surface area contributed by atoms with Crippen LogP contribution in [0.25, 0.3) is 10.9 Å². The summed E-state index contributed by atoms with van der Waals surface area (Å²) in [6, 6.07) is 6.73. The Hall–Kier alpha value is -3.62. The number of nitrogens with zero attached hydrogens (tertiary/aromatic N) is 3. The number of H-pyrrole nitrogens is 1. The van der Waals surface area contributed by atoms with Crippen LogP contribution in [0.5, 0.6) is 5.88 Å². The molecule has 0 bridgehead atoms. The Labute approximate surface area is 172 Å². The SMILES string of the molecule is CC(C)OC(=O)[C@H](Cc1c[nH]c2ccccc12)N=Cc1c(O)n(C)c(=O)n(C)c1=O. The molecule has 2 N–H and O–H groups in total. The highest BCUT2D eigenvalue weighted by molar-refractivity contribution is 5.87. The first-order valence-corrected chi connectivity index (χ1v) is 9.48. The van der Waals surface area contributed by atoms with E-state index in [-0.39, 0.29) is 18.1 Å². The molecular weight excluding hydrogens is 388 g/mol. The molecule has 3 aromatic rings. The smallest absolute Gasteiger partial charge is 0.333 e.